The molecule has 0 radical (unpaired) electrons. The van der Waals surface area contributed by atoms with Crippen molar-refractivity contribution in [3.63, 3.8) is 0 Å². The van der Waals surface area contributed by atoms with Gasteiger partial charge < -0.3 is 15.0 Å². The summed E-state index contributed by atoms with van der Waals surface area (Å²) in [6.07, 6.45) is 0.316. The Labute approximate surface area is 83.4 Å². The van der Waals surface area contributed by atoms with Gasteiger partial charge in [-0.05, 0) is 0 Å². The highest BCUT2D eigenvalue weighted by molar-refractivity contribution is 5.89. The van der Waals surface area contributed by atoms with Gasteiger partial charge in [-0.1, -0.05) is 0 Å². The van der Waals surface area contributed by atoms with E-state index in [1.807, 2.05) is 0 Å². The highest BCUT2D eigenvalue weighted by Gasteiger charge is 2.29. The minimum absolute atomic E-state index is 0.0143. The summed E-state index contributed by atoms with van der Waals surface area (Å²) in [5, 5.41) is 2.64. The molecule has 14 heavy (non-hydrogen) atoms. The number of ether oxygens (including phenoxy) is 1. The summed E-state index contributed by atoms with van der Waals surface area (Å²) >= 11 is 0. The van der Waals surface area contributed by atoms with Crippen LogP contribution < -0.4 is 5.32 Å². The van der Waals surface area contributed by atoms with Gasteiger partial charge in [0, 0.05) is 33.7 Å². The van der Waals surface area contributed by atoms with E-state index in [9.17, 15) is 9.59 Å². The number of nitrogens with one attached hydrogen (secondary N) is 1. The van der Waals surface area contributed by atoms with E-state index in [1.54, 1.807) is 19.1 Å². The number of hydrogen-bond acceptors (Lipinski definition) is 3. The summed E-state index contributed by atoms with van der Waals surface area (Å²) < 4.78 is 4.87. The second kappa shape index (κ2) is 4.95. The first-order chi connectivity index (χ1) is 6.65. The van der Waals surface area contributed by atoms with Crippen molar-refractivity contribution in [2.45, 2.75) is 6.42 Å². The van der Waals surface area contributed by atoms with E-state index in [0.29, 0.717) is 26.1 Å². The summed E-state index contributed by atoms with van der Waals surface area (Å²) in [5.41, 5.74) is 0. The second-order valence-electron chi connectivity index (χ2n) is 3.46. The smallest absolute Gasteiger partial charge is 0.227 e. The second-order valence-corrected chi connectivity index (χ2v) is 3.46. The Balaban J connectivity index is 2.36. The van der Waals surface area contributed by atoms with Gasteiger partial charge in [-0.3, -0.25) is 9.59 Å². The minimum atomic E-state index is -0.190. The predicted molar refractivity (Wildman–Crippen MR) is 50.6 cm³/mol. The van der Waals surface area contributed by atoms with Crippen molar-refractivity contribution in [1.29, 1.82) is 0 Å². The van der Waals surface area contributed by atoms with Gasteiger partial charge in [-0.2, -0.15) is 0 Å². The van der Waals surface area contributed by atoms with Gasteiger partial charge in [0.1, 0.15) is 0 Å². The number of carbonyl (C=O) groups is 2. The lowest BCUT2D eigenvalue weighted by Gasteiger charge is -2.19. The first-order valence-corrected chi connectivity index (χ1v) is 4.65. The molecule has 2 amide bonds. The maximum atomic E-state index is 11.7. The number of carbonyl (C=O) groups excluding carboxylic acids is 2. The molecule has 1 aliphatic rings. The summed E-state index contributed by atoms with van der Waals surface area (Å²) in [4.78, 5) is 24.2. The summed E-state index contributed by atoms with van der Waals surface area (Å²) in [6.45, 7) is 1.56. The van der Waals surface area contributed by atoms with Crippen LogP contribution in [-0.4, -0.2) is 50.6 Å². The third-order valence-electron chi connectivity index (χ3n) is 2.33. The molecule has 1 rings (SSSR count). The van der Waals surface area contributed by atoms with E-state index in [4.69, 9.17) is 4.74 Å². The molecule has 0 aromatic rings. The topological polar surface area (TPSA) is 58.6 Å². The average Bonchev–Trinajstić information content (AvgIpc) is 2.60. The van der Waals surface area contributed by atoms with Gasteiger partial charge in [0.15, 0.2) is 0 Å². The largest absolute Gasteiger partial charge is 0.383 e. The molecule has 1 aliphatic heterocycles. The van der Waals surface area contributed by atoms with Gasteiger partial charge in [-0.15, -0.1) is 0 Å². The lowest BCUT2D eigenvalue weighted by molar-refractivity contribution is -0.135. The van der Waals surface area contributed by atoms with E-state index in [-0.39, 0.29) is 17.7 Å². The lowest BCUT2D eigenvalue weighted by Crippen LogP contribution is -2.36. The van der Waals surface area contributed by atoms with E-state index >= 15 is 0 Å². The molecule has 0 spiro atoms. The Bertz CT molecular complexity index is 230. The minimum Gasteiger partial charge on any atom is -0.383 e. The monoisotopic (exact) mass is 200 g/mol. The maximum absolute atomic E-state index is 11.7. The Hall–Kier alpha value is -1.10. The molecule has 0 aromatic heterocycles. The standard InChI is InChI=1S/C9H16N2O3/c1-11(3-4-14-2)9(13)7-5-8(12)10-6-7/h7H,3-6H2,1-2H3,(H,10,12). The van der Waals surface area contributed by atoms with Crippen molar-refractivity contribution < 1.29 is 14.3 Å². The molecule has 1 heterocycles. The molecule has 1 N–H and O–H groups in total. The Kier molecular flexibility index (Phi) is 3.88. The van der Waals surface area contributed by atoms with Crippen LogP contribution in [0.1, 0.15) is 6.42 Å². The third-order valence-corrected chi connectivity index (χ3v) is 2.33. The van der Waals surface area contributed by atoms with Gasteiger partial charge in [0.05, 0.1) is 12.5 Å². The van der Waals surface area contributed by atoms with Crippen LogP contribution in [-0.2, 0) is 14.3 Å². The molecule has 0 aliphatic carbocycles. The molecule has 0 bridgehead atoms. The third kappa shape index (κ3) is 2.70. The Morgan fingerprint density at radius 1 is 1.71 bits per heavy atom. The number of hydrogen-bond donors (Lipinski definition) is 1. The highest BCUT2D eigenvalue weighted by Crippen LogP contribution is 2.11. The van der Waals surface area contributed by atoms with Crippen molar-refractivity contribution >= 4 is 11.8 Å². The zero-order chi connectivity index (χ0) is 10.6. The molecule has 1 unspecified atom stereocenters. The summed E-state index contributed by atoms with van der Waals surface area (Å²) in [7, 11) is 3.32. The van der Waals surface area contributed by atoms with Gasteiger partial charge >= 0.3 is 0 Å². The zero-order valence-corrected chi connectivity index (χ0v) is 8.58. The lowest BCUT2D eigenvalue weighted by atomic mass is 10.1. The van der Waals surface area contributed by atoms with Gasteiger partial charge in [0.25, 0.3) is 0 Å². The molecule has 5 nitrogen and oxygen atoms in total. The van der Waals surface area contributed by atoms with Crippen molar-refractivity contribution in [1.82, 2.24) is 10.2 Å². The number of rotatable bonds is 4. The Morgan fingerprint density at radius 2 is 2.43 bits per heavy atom. The summed E-state index contributed by atoms with van der Waals surface area (Å²) in [6, 6.07) is 0. The number of amides is 2. The van der Waals surface area contributed by atoms with Crippen LogP contribution in [0, 0.1) is 5.92 Å². The molecule has 0 saturated carbocycles. The van der Waals surface area contributed by atoms with Crippen molar-refractivity contribution in [2.24, 2.45) is 5.92 Å². The molecule has 1 saturated heterocycles. The van der Waals surface area contributed by atoms with E-state index in [1.165, 1.54) is 0 Å². The number of likely N-dealkylation sites (N-methyl/N-ethyl adjacent to an activating group) is 1. The van der Waals surface area contributed by atoms with E-state index in [2.05, 4.69) is 5.32 Å². The van der Waals surface area contributed by atoms with Crippen molar-refractivity contribution in [2.75, 3.05) is 33.9 Å². The highest BCUT2D eigenvalue weighted by atomic mass is 16.5. The fourth-order valence-corrected chi connectivity index (χ4v) is 1.43. The maximum Gasteiger partial charge on any atom is 0.227 e. The first-order valence-electron chi connectivity index (χ1n) is 4.65. The van der Waals surface area contributed by atoms with Gasteiger partial charge in [-0.25, -0.2) is 0 Å². The molecule has 5 heteroatoms. The van der Waals surface area contributed by atoms with E-state index < -0.39 is 0 Å². The van der Waals surface area contributed by atoms with Crippen molar-refractivity contribution in [3.8, 4) is 0 Å². The fraction of sp³-hybridized carbons (Fsp3) is 0.778. The average molecular weight is 200 g/mol. The molecule has 1 fully saturated rings. The molecular formula is C9H16N2O3. The van der Waals surface area contributed by atoms with E-state index in [0.717, 1.165) is 0 Å². The molecular weight excluding hydrogens is 184 g/mol. The Morgan fingerprint density at radius 3 is 2.93 bits per heavy atom. The van der Waals surface area contributed by atoms with Crippen LogP contribution in [0.4, 0.5) is 0 Å². The van der Waals surface area contributed by atoms with Crippen LogP contribution in [0.15, 0.2) is 0 Å². The molecule has 0 aromatic carbocycles. The van der Waals surface area contributed by atoms with Crippen LogP contribution in [0.5, 0.6) is 0 Å². The first kappa shape index (κ1) is 11.0. The van der Waals surface area contributed by atoms with Gasteiger partial charge in [0.2, 0.25) is 11.8 Å². The van der Waals surface area contributed by atoms with Crippen LogP contribution in [0.3, 0.4) is 0 Å². The summed E-state index contributed by atoms with van der Waals surface area (Å²) in [5.74, 6) is -0.215. The number of methoxy groups -OCH3 is 1. The zero-order valence-electron chi connectivity index (χ0n) is 8.58. The normalized spacial score (nSPS) is 20.7. The van der Waals surface area contributed by atoms with Crippen LogP contribution in [0.2, 0.25) is 0 Å². The number of nitrogens with zero attached hydrogens (tertiary/aromatic N) is 1. The molecule has 1 atom stereocenters. The molecule has 80 valence electrons. The quantitative estimate of drug-likeness (QED) is 0.648. The van der Waals surface area contributed by atoms with Crippen molar-refractivity contribution in [3.05, 3.63) is 0 Å². The SMILES string of the molecule is COCCN(C)C(=O)C1CNC(=O)C1. The fourth-order valence-electron chi connectivity index (χ4n) is 1.43. The van der Waals surface area contributed by atoms with Crippen LogP contribution >= 0.6 is 0 Å². The predicted octanol–water partition coefficient (Wildman–Crippen LogP) is -0.773. The van der Waals surface area contributed by atoms with Crippen LogP contribution in [0.25, 0.3) is 0 Å².